The van der Waals surface area contributed by atoms with E-state index in [0.29, 0.717) is 17.9 Å². The summed E-state index contributed by atoms with van der Waals surface area (Å²) in [6.07, 6.45) is 3.10. The minimum absolute atomic E-state index is 0.137. The second-order valence-electron chi connectivity index (χ2n) is 6.94. The van der Waals surface area contributed by atoms with E-state index in [1.807, 2.05) is 68.4 Å². The Morgan fingerprint density at radius 1 is 1.03 bits per heavy atom. The van der Waals surface area contributed by atoms with Crippen molar-refractivity contribution in [2.75, 3.05) is 5.32 Å². The van der Waals surface area contributed by atoms with E-state index >= 15 is 0 Å². The zero-order valence-electron chi connectivity index (χ0n) is 16.8. The van der Waals surface area contributed by atoms with Gasteiger partial charge in [-0.15, -0.1) is 0 Å². The zero-order chi connectivity index (χ0) is 20.8. The molecule has 0 fully saturated rings. The van der Waals surface area contributed by atoms with Crippen molar-refractivity contribution in [3.8, 4) is 0 Å². The third-order valence-electron chi connectivity index (χ3n) is 4.61. The van der Waals surface area contributed by atoms with E-state index in [-0.39, 0.29) is 17.9 Å². The maximum absolute atomic E-state index is 13.3. The second-order valence-corrected chi connectivity index (χ2v) is 6.94. The minimum atomic E-state index is -0.237. The molecule has 0 aliphatic carbocycles. The predicted octanol–water partition coefficient (Wildman–Crippen LogP) is 4.15. The van der Waals surface area contributed by atoms with Crippen molar-refractivity contribution in [1.82, 2.24) is 14.9 Å². The van der Waals surface area contributed by atoms with Crippen molar-refractivity contribution in [3.05, 3.63) is 89.5 Å². The number of hydrogen-bond donors (Lipinski definition) is 1. The molecule has 0 aliphatic heterocycles. The number of carbonyl (C=O) groups excluding carboxylic acids is 2. The molecule has 0 spiro atoms. The number of aromatic nitrogens is 2. The van der Waals surface area contributed by atoms with Gasteiger partial charge in [0.25, 0.3) is 5.91 Å². The number of rotatable bonds is 6. The van der Waals surface area contributed by atoms with Crippen LogP contribution in [-0.2, 0) is 11.3 Å². The predicted molar refractivity (Wildman–Crippen MR) is 112 cm³/mol. The Hall–Kier alpha value is -3.54. The number of aryl methyl sites for hydroxylation is 1. The Balaban J connectivity index is 1.94. The highest BCUT2D eigenvalue weighted by atomic mass is 16.2. The average molecular weight is 388 g/mol. The summed E-state index contributed by atoms with van der Waals surface area (Å²) in [5.41, 5.74) is 3.69. The number of anilines is 1. The van der Waals surface area contributed by atoms with E-state index in [1.165, 1.54) is 13.1 Å². The largest absolute Gasteiger partial charge is 0.326 e. The fourth-order valence-electron chi connectivity index (χ4n) is 3.07. The van der Waals surface area contributed by atoms with Gasteiger partial charge in [0.1, 0.15) is 5.69 Å². The second kappa shape index (κ2) is 9.10. The lowest BCUT2D eigenvalue weighted by Crippen LogP contribution is -2.34. The van der Waals surface area contributed by atoms with Gasteiger partial charge in [-0.2, -0.15) is 0 Å². The lowest BCUT2D eigenvalue weighted by atomic mass is 10.0. The number of amides is 2. The van der Waals surface area contributed by atoms with E-state index in [0.717, 1.165) is 16.8 Å². The van der Waals surface area contributed by atoms with Gasteiger partial charge in [-0.3, -0.25) is 14.6 Å². The molecule has 1 aromatic heterocycles. The summed E-state index contributed by atoms with van der Waals surface area (Å²) in [5, 5.41) is 2.79. The van der Waals surface area contributed by atoms with Crippen LogP contribution in [-0.4, -0.2) is 26.7 Å². The Morgan fingerprint density at radius 3 is 2.45 bits per heavy atom. The molecule has 3 rings (SSSR count). The summed E-state index contributed by atoms with van der Waals surface area (Å²) in [6, 6.07) is 17.1. The Labute approximate surface area is 170 Å². The Kier molecular flexibility index (Phi) is 6.34. The van der Waals surface area contributed by atoms with Crippen molar-refractivity contribution in [3.63, 3.8) is 0 Å². The highest BCUT2D eigenvalue weighted by Gasteiger charge is 2.24. The Morgan fingerprint density at radius 2 is 1.79 bits per heavy atom. The molecule has 0 bridgehead atoms. The molecule has 1 atom stereocenters. The van der Waals surface area contributed by atoms with Gasteiger partial charge in [0.05, 0.1) is 17.9 Å². The molecule has 0 saturated carbocycles. The molecule has 1 N–H and O–H groups in total. The molecule has 148 valence electrons. The first-order valence-corrected chi connectivity index (χ1v) is 9.45. The van der Waals surface area contributed by atoms with E-state index in [9.17, 15) is 9.59 Å². The van der Waals surface area contributed by atoms with Crippen LogP contribution in [0.5, 0.6) is 0 Å². The van der Waals surface area contributed by atoms with Crippen molar-refractivity contribution < 1.29 is 9.59 Å². The molecule has 2 amide bonds. The fourth-order valence-corrected chi connectivity index (χ4v) is 3.07. The van der Waals surface area contributed by atoms with Gasteiger partial charge >= 0.3 is 0 Å². The highest BCUT2D eigenvalue weighted by Crippen LogP contribution is 2.26. The topological polar surface area (TPSA) is 75.2 Å². The van der Waals surface area contributed by atoms with Gasteiger partial charge in [0.15, 0.2) is 0 Å². The van der Waals surface area contributed by atoms with Gasteiger partial charge in [0.2, 0.25) is 5.91 Å². The number of nitrogens with zero attached hydrogens (tertiary/aromatic N) is 3. The van der Waals surface area contributed by atoms with Crippen molar-refractivity contribution in [2.45, 2.75) is 33.4 Å². The first-order valence-electron chi connectivity index (χ1n) is 9.45. The maximum Gasteiger partial charge on any atom is 0.274 e. The minimum Gasteiger partial charge on any atom is -0.326 e. The van der Waals surface area contributed by atoms with Gasteiger partial charge in [-0.1, -0.05) is 42.5 Å². The summed E-state index contributed by atoms with van der Waals surface area (Å²) in [6.45, 7) is 5.70. The zero-order valence-corrected chi connectivity index (χ0v) is 16.8. The number of hydrogen-bond acceptors (Lipinski definition) is 4. The van der Waals surface area contributed by atoms with Gasteiger partial charge in [0, 0.05) is 25.4 Å². The smallest absolute Gasteiger partial charge is 0.274 e. The van der Waals surface area contributed by atoms with Crippen molar-refractivity contribution in [2.24, 2.45) is 0 Å². The summed E-state index contributed by atoms with van der Waals surface area (Å²) in [7, 11) is 0. The molecule has 1 unspecified atom stereocenters. The van der Waals surface area contributed by atoms with Crippen molar-refractivity contribution >= 4 is 17.5 Å². The van der Waals surface area contributed by atoms with Crippen molar-refractivity contribution in [1.29, 1.82) is 0 Å². The maximum atomic E-state index is 13.3. The van der Waals surface area contributed by atoms with Crippen LogP contribution >= 0.6 is 0 Å². The number of carbonyl (C=O) groups is 2. The molecular formula is C23H24N4O2. The summed E-state index contributed by atoms with van der Waals surface area (Å²) in [4.78, 5) is 34.9. The normalized spacial score (nSPS) is 11.6. The Bertz CT molecular complexity index is 987. The van der Waals surface area contributed by atoms with E-state index in [4.69, 9.17) is 0 Å². The van der Waals surface area contributed by atoms with Crippen LogP contribution in [0.15, 0.2) is 67.0 Å². The molecule has 29 heavy (non-hydrogen) atoms. The third-order valence-corrected chi connectivity index (χ3v) is 4.61. The van der Waals surface area contributed by atoms with E-state index in [2.05, 4.69) is 15.3 Å². The van der Waals surface area contributed by atoms with E-state index < -0.39 is 0 Å². The van der Waals surface area contributed by atoms with Gasteiger partial charge < -0.3 is 10.2 Å². The van der Waals surface area contributed by atoms with Crippen LogP contribution in [0.3, 0.4) is 0 Å². The van der Waals surface area contributed by atoms with Crippen LogP contribution in [0.4, 0.5) is 5.69 Å². The molecule has 6 heteroatoms. The molecule has 2 aromatic carbocycles. The standard InChI is InChI=1S/C23H24N4O2/c1-16-13-25-22(14-24-16)23(29)27(15-19-8-5-4-6-9-19)17(2)20-10-7-11-21(12-20)26-18(3)28/h4-14,17H,15H2,1-3H3,(H,26,28). The van der Waals surface area contributed by atoms with Gasteiger partial charge in [-0.05, 0) is 37.1 Å². The highest BCUT2D eigenvalue weighted by molar-refractivity contribution is 5.92. The molecule has 1 heterocycles. The fraction of sp³-hybridized carbons (Fsp3) is 0.217. The van der Waals surface area contributed by atoms with Crippen LogP contribution in [0.2, 0.25) is 0 Å². The van der Waals surface area contributed by atoms with Crippen LogP contribution in [0, 0.1) is 6.92 Å². The third kappa shape index (κ3) is 5.25. The number of benzene rings is 2. The monoisotopic (exact) mass is 388 g/mol. The van der Waals surface area contributed by atoms with Gasteiger partial charge in [-0.25, -0.2) is 4.98 Å². The first kappa shape index (κ1) is 20.2. The molecule has 6 nitrogen and oxygen atoms in total. The van der Waals surface area contributed by atoms with E-state index in [1.54, 1.807) is 11.1 Å². The van der Waals surface area contributed by atoms with Crippen LogP contribution in [0.1, 0.15) is 47.2 Å². The molecule has 0 saturated heterocycles. The molecule has 3 aromatic rings. The molecule has 0 aliphatic rings. The SMILES string of the molecule is CC(=O)Nc1cccc(C(C)N(Cc2ccccc2)C(=O)c2cnc(C)cn2)c1. The lowest BCUT2D eigenvalue weighted by Gasteiger charge is -2.30. The molecular weight excluding hydrogens is 364 g/mol. The number of nitrogens with one attached hydrogen (secondary N) is 1. The quantitative estimate of drug-likeness (QED) is 0.688. The van der Waals surface area contributed by atoms with Crippen LogP contribution in [0.25, 0.3) is 0 Å². The first-order chi connectivity index (χ1) is 13.9. The molecule has 0 radical (unpaired) electrons. The summed E-state index contributed by atoms with van der Waals surface area (Å²) < 4.78 is 0. The lowest BCUT2D eigenvalue weighted by molar-refractivity contribution is -0.114. The summed E-state index contributed by atoms with van der Waals surface area (Å²) >= 11 is 0. The van der Waals surface area contributed by atoms with Crippen LogP contribution < -0.4 is 5.32 Å². The summed E-state index contributed by atoms with van der Waals surface area (Å²) in [5.74, 6) is -0.333. The average Bonchev–Trinajstić information content (AvgIpc) is 2.72.